The molecule has 0 bridgehead atoms. The van der Waals surface area contributed by atoms with Crippen LogP contribution in [0.3, 0.4) is 0 Å². The monoisotopic (exact) mass is 216 g/mol. The highest BCUT2D eigenvalue weighted by Crippen LogP contribution is 2.17. The predicted octanol–water partition coefficient (Wildman–Crippen LogP) is 1.65. The zero-order chi connectivity index (χ0) is 11.5. The first-order chi connectivity index (χ1) is 7.66. The van der Waals surface area contributed by atoms with Gasteiger partial charge in [-0.05, 0) is 17.7 Å². The minimum atomic E-state index is 0.650. The number of rotatable bonds is 3. The predicted molar refractivity (Wildman–Crippen MR) is 66.6 cm³/mol. The molecule has 0 spiro atoms. The molecule has 2 rings (SSSR count). The zero-order valence-electron chi connectivity index (χ0n) is 9.57. The standard InChI is InChI=1S/C12H16N4/c1-16(2)11-5-3-9(4-6-11)7-10-8-14-15-12(10)13/h3-6,8H,7H2,1-2H3,(H3,13,14,15). The minimum absolute atomic E-state index is 0.650. The Morgan fingerprint density at radius 3 is 2.44 bits per heavy atom. The summed E-state index contributed by atoms with van der Waals surface area (Å²) in [4.78, 5) is 2.08. The van der Waals surface area contributed by atoms with E-state index in [4.69, 9.17) is 5.73 Å². The van der Waals surface area contributed by atoms with Gasteiger partial charge in [-0.3, -0.25) is 5.10 Å². The Kier molecular flexibility index (Phi) is 2.81. The van der Waals surface area contributed by atoms with Crippen LogP contribution in [0.5, 0.6) is 0 Å². The number of aromatic nitrogens is 2. The van der Waals surface area contributed by atoms with E-state index in [9.17, 15) is 0 Å². The molecule has 0 atom stereocenters. The van der Waals surface area contributed by atoms with E-state index in [1.165, 1.54) is 11.3 Å². The molecule has 0 unspecified atom stereocenters. The SMILES string of the molecule is CN(C)c1ccc(Cc2cn[nH]c2N)cc1. The number of nitrogens with two attached hydrogens (primary N) is 1. The average molecular weight is 216 g/mol. The van der Waals surface area contributed by atoms with Gasteiger partial charge in [-0.2, -0.15) is 5.10 Å². The number of anilines is 2. The number of H-pyrrole nitrogens is 1. The summed E-state index contributed by atoms with van der Waals surface area (Å²) < 4.78 is 0. The molecule has 3 N–H and O–H groups in total. The topological polar surface area (TPSA) is 57.9 Å². The third kappa shape index (κ3) is 2.16. The van der Waals surface area contributed by atoms with Crippen molar-refractivity contribution in [2.45, 2.75) is 6.42 Å². The third-order valence-electron chi connectivity index (χ3n) is 2.60. The van der Waals surface area contributed by atoms with Crippen LogP contribution in [0.25, 0.3) is 0 Å². The number of nitrogen functional groups attached to an aromatic ring is 1. The lowest BCUT2D eigenvalue weighted by atomic mass is 10.1. The number of nitrogens with one attached hydrogen (secondary N) is 1. The zero-order valence-corrected chi connectivity index (χ0v) is 9.57. The van der Waals surface area contributed by atoms with Gasteiger partial charge in [-0.15, -0.1) is 0 Å². The number of nitrogens with zero attached hydrogens (tertiary/aromatic N) is 2. The average Bonchev–Trinajstić information content (AvgIpc) is 2.65. The minimum Gasteiger partial charge on any atom is -0.384 e. The van der Waals surface area contributed by atoms with Crippen LogP contribution < -0.4 is 10.6 Å². The van der Waals surface area contributed by atoms with Gasteiger partial charge in [0.2, 0.25) is 0 Å². The fourth-order valence-electron chi connectivity index (χ4n) is 1.59. The fourth-order valence-corrected chi connectivity index (χ4v) is 1.59. The van der Waals surface area contributed by atoms with Gasteiger partial charge in [-0.1, -0.05) is 12.1 Å². The van der Waals surface area contributed by atoms with Crippen LogP contribution in [-0.2, 0) is 6.42 Å². The van der Waals surface area contributed by atoms with Crippen LogP contribution in [0, 0.1) is 0 Å². The molecule has 0 aliphatic carbocycles. The lowest BCUT2D eigenvalue weighted by molar-refractivity contribution is 1.10. The quantitative estimate of drug-likeness (QED) is 0.820. The number of hydrogen-bond acceptors (Lipinski definition) is 3. The van der Waals surface area contributed by atoms with Crippen molar-refractivity contribution < 1.29 is 0 Å². The summed E-state index contributed by atoms with van der Waals surface area (Å²) in [6, 6.07) is 8.43. The Balaban J connectivity index is 2.14. The highest BCUT2D eigenvalue weighted by molar-refractivity contribution is 5.48. The Hall–Kier alpha value is -1.97. The maximum Gasteiger partial charge on any atom is 0.122 e. The highest BCUT2D eigenvalue weighted by atomic mass is 15.1. The van der Waals surface area contributed by atoms with Crippen LogP contribution in [0.1, 0.15) is 11.1 Å². The first-order valence-electron chi connectivity index (χ1n) is 5.21. The van der Waals surface area contributed by atoms with E-state index < -0.39 is 0 Å². The molecule has 1 aromatic heterocycles. The summed E-state index contributed by atoms with van der Waals surface area (Å²) in [5, 5.41) is 6.64. The van der Waals surface area contributed by atoms with Crippen molar-refractivity contribution in [3.63, 3.8) is 0 Å². The molecular weight excluding hydrogens is 200 g/mol. The molecule has 84 valence electrons. The van der Waals surface area contributed by atoms with Crippen LogP contribution >= 0.6 is 0 Å². The highest BCUT2D eigenvalue weighted by Gasteiger charge is 2.03. The summed E-state index contributed by atoms with van der Waals surface area (Å²) in [5.41, 5.74) is 9.21. The summed E-state index contributed by atoms with van der Waals surface area (Å²) in [7, 11) is 4.06. The van der Waals surface area contributed by atoms with Crippen LogP contribution in [0.15, 0.2) is 30.5 Å². The van der Waals surface area contributed by atoms with Crippen molar-refractivity contribution in [3.8, 4) is 0 Å². The van der Waals surface area contributed by atoms with Gasteiger partial charge in [0.05, 0.1) is 6.20 Å². The lowest BCUT2D eigenvalue weighted by Crippen LogP contribution is -2.08. The molecule has 0 aliphatic heterocycles. The molecule has 0 radical (unpaired) electrons. The molecule has 4 heteroatoms. The molecule has 0 fully saturated rings. The molecule has 2 aromatic rings. The van der Waals surface area contributed by atoms with Gasteiger partial charge >= 0.3 is 0 Å². The maximum atomic E-state index is 5.74. The molecule has 0 saturated carbocycles. The van der Waals surface area contributed by atoms with Crippen molar-refractivity contribution >= 4 is 11.5 Å². The Labute approximate surface area is 95.1 Å². The van der Waals surface area contributed by atoms with Crippen molar-refractivity contribution in [3.05, 3.63) is 41.6 Å². The van der Waals surface area contributed by atoms with Gasteiger partial charge in [0.1, 0.15) is 5.82 Å². The Morgan fingerprint density at radius 2 is 1.94 bits per heavy atom. The lowest BCUT2D eigenvalue weighted by Gasteiger charge is -2.12. The van der Waals surface area contributed by atoms with Crippen molar-refractivity contribution in [1.82, 2.24) is 10.2 Å². The molecule has 0 saturated heterocycles. The van der Waals surface area contributed by atoms with E-state index in [0.29, 0.717) is 5.82 Å². The molecule has 16 heavy (non-hydrogen) atoms. The molecule has 0 aliphatic rings. The summed E-state index contributed by atoms with van der Waals surface area (Å²) in [6.45, 7) is 0. The third-order valence-corrected chi connectivity index (χ3v) is 2.60. The summed E-state index contributed by atoms with van der Waals surface area (Å²) >= 11 is 0. The van der Waals surface area contributed by atoms with Crippen molar-refractivity contribution in [2.24, 2.45) is 0 Å². The Morgan fingerprint density at radius 1 is 1.25 bits per heavy atom. The second-order valence-electron chi connectivity index (χ2n) is 4.05. The van der Waals surface area contributed by atoms with E-state index in [2.05, 4.69) is 39.4 Å². The van der Waals surface area contributed by atoms with Crippen LogP contribution in [0.4, 0.5) is 11.5 Å². The smallest absolute Gasteiger partial charge is 0.122 e. The largest absolute Gasteiger partial charge is 0.384 e. The fraction of sp³-hybridized carbons (Fsp3) is 0.250. The van der Waals surface area contributed by atoms with Crippen molar-refractivity contribution in [2.75, 3.05) is 24.7 Å². The summed E-state index contributed by atoms with van der Waals surface area (Å²) in [6.07, 6.45) is 2.59. The maximum absolute atomic E-state index is 5.74. The molecule has 0 amide bonds. The van der Waals surface area contributed by atoms with E-state index in [-0.39, 0.29) is 0 Å². The van der Waals surface area contributed by atoms with Crippen molar-refractivity contribution in [1.29, 1.82) is 0 Å². The van der Waals surface area contributed by atoms with Gasteiger partial charge in [0.15, 0.2) is 0 Å². The second kappa shape index (κ2) is 4.26. The summed E-state index contributed by atoms with van der Waals surface area (Å²) in [5.74, 6) is 0.650. The normalized spacial score (nSPS) is 10.4. The molecule has 4 nitrogen and oxygen atoms in total. The van der Waals surface area contributed by atoms with E-state index in [0.717, 1.165) is 12.0 Å². The number of aromatic amines is 1. The first-order valence-corrected chi connectivity index (χ1v) is 5.21. The van der Waals surface area contributed by atoms with E-state index in [1.807, 2.05) is 14.1 Å². The Bertz CT molecular complexity index is 456. The van der Waals surface area contributed by atoms with Gasteiger partial charge in [0.25, 0.3) is 0 Å². The van der Waals surface area contributed by atoms with Gasteiger partial charge < -0.3 is 10.6 Å². The van der Waals surface area contributed by atoms with E-state index in [1.54, 1.807) is 6.20 Å². The van der Waals surface area contributed by atoms with Crippen LogP contribution in [0.2, 0.25) is 0 Å². The second-order valence-corrected chi connectivity index (χ2v) is 4.05. The van der Waals surface area contributed by atoms with Gasteiger partial charge in [0, 0.05) is 31.8 Å². The van der Waals surface area contributed by atoms with E-state index >= 15 is 0 Å². The van der Waals surface area contributed by atoms with Gasteiger partial charge in [-0.25, -0.2) is 0 Å². The van der Waals surface area contributed by atoms with Crippen LogP contribution in [-0.4, -0.2) is 24.3 Å². The number of hydrogen-bond donors (Lipinski definition) is 2. The molecule has 1 heterocycles. The number of benzene rings is 1. The molecular formula is C12H16N4. The molecule has 1 aromatic carbocycles. The first kappa shape index (κ1) is 10.5.